The Morgan fingerprint density at radius 2 is 1.76 bits per heavy atom. The molecule has 11 nitrogen and oxygen atoms in total. The number of ether oxygens (including phenoxy) is 1. The molecule has 0 radical (unpaired) electrons. The number of hydrogen-bond acceptors (Lipinski definition) is 9. The van der Waals surface area contributed by atoms with Crippen LogP contribution in [-0.4, -0.2) is 86.7 Å². The van der Waals surface area contributed by atoms with Gasteiger partial charge in [-0.05, 0) is 30.5 Å². The minimum Gasteiger partial charge on any atom is -0.388 e. The van der Waals surface area contributed by atoms with E-state index < -0.39 is 57.8 Å². The third-order valence-electron chi connectivity index (χ3n) is 5.38. The predicted molar refractivity (Wildman–Crippen MR) is 137 cm³/mol. The smallest absolute Gasteiger partial charge is 0.271 e. The van der Waals surface area contributed by atoms with Crippen LogP contribution in [0.1, 0.15) is 32.2 Å². The van der Waals surface area contributed by atoms with E-state index in [4.69, 9.17) is 4.74 Å². The number of carbonyl (C=O) groups is 2. The van der Waals surface area contributed by atoms with E-state index in [1.54, 1.807) is 0 Å². The number of aliphatic hydroxyl groups is 2. The van der Waals surface area contributed by atoms with Crippen LogP contribution in [0.2, 0.25) is 0 Å². The normalized spacial score (nSPS) is 14.9. The minimum atomic E-state index is -3.63. The standard InChI is InChI=1S/C22H30F2N4O7S2.2H2/c1-12(29)25-16(5-6-35-3)19(30)20(31)17(9-13-7-14(23)10-15(24)8-13)26-21(32)18-11-36-22(27-18)28(2)37(4,33)34;;/h7-8,10-11,16-17,19-20,30-31H,5-6,9H2,1-4H3,(H,25,29)(H,26,32);2*1H/t16-,17+,19-,20-;;/m1../s1. The lowest BCUT2D eigenvalue weighted by atomic mass is 9.92. The summed E-state index contributed by atoms with van der Waals surface area (Å²) in [5.41, 5.74) is -0.0943. The molecule has 0 aliphatic carbocycles. The number of aliphatic hydroxyl groups excluding tert-OH is 2. The Bertz CT molecular complexity index is 1190. The number of carbonyl (C=O) groups excluding carboxylic acids is 2. The van der Waals surface area contributed by atoms with Gasteiger partial charge in [0.05, 0.1) is 18.3 Å². The molecule has 0 saturated carbocycles. The number of hydrogen-bond donors (Lipinski definition) is 4. The van der Waals surface area contributed by atoms with Crippen LogP contribution < -0.4 is 14.9 Å². The molecule has 210 valence electrons. The summed E-state index contributed by atoms with van der Waals surface area (Å²) in [4.78, 5) is 28.6. The zero-order valence-corrected chi connectivity index (χ0v) is 22.3. The maximum atomic E-state index is 13.8. The SMILES string of the molecule is COCC[C@@H](NC(C)=O)[C@@H](O)[C@H](O)[C@H](Cc1cc(F)cc(F)c1)NC(=O)c1csc(N(C)S(C)(=O)=O)n1.[HH].[HH]. The summed E-state index contributed by atoms with van der Waals surface area (Å²) in [6, 6.07) is 0.430. The fourth-order valence-corrected chi connectivity index (χ4v) is 4.98. The summed E-state index contributed by atoms with van der Waals surface area (Å²) in [6.45, 7) is 1.36. The molecule has 0 unspecified atom stereocenters. The Kier molecular flexibility index (Phi) is 10.9. The van der Waals surface area contributed by atoms with E-state index in [0.29, 0.717) is 6.07 Å². The molecule has 0 aliphatic heterocycles. The van der Waals surface area contributed by atoms with Gasteiger partial charge in [-0.1, -0.05) is 0 Å². The Morgan fingerprint density at radius 3 is 2.30 bits per heavy atom. The molecule has 2 rings (SSSR count). The Morgan fingerprint density at radius 1 is 1.16 bits per heavy atom. The second-order valence-corrected chi connectivity index (χ2v) is 11.2. The largest absolute Gasteiger partial charge is 0.388 e. The molecular weight excluding hydrogens is 534 g/mol. The third-order valence-corrected chi connectivity index (χ3v) is 7.58. The van der Waals surface area contributed by atoms with Gasteiger partial charge in [-0.2, -0.15) is 0 Å². The van der Waals surface area contributed by atoms with Crippen molar-refractivity contribution in [3.63, 3.8) is 0 Å². The van der Waals surface area contributed by atoms with Crippen LogP contribution in [0.5, 0.6) is 0 Å². The highest BCUT2D eigenvalue weighted by Crippen LogP contribution is 2.22. The number of nitrogens with zero attached hydrogens (tertiary/aromatic N) is 2. The third kappa shape index (κ3) is 8.96. The van der Waals surface area contributed by atoms with Gasteiger partial charge in [0.25, 0.3) is 5.91 Å². The molecule has 15 heteroatoms. The van der Waals surface area contributed by atoms with Crippen molar-refractivity contribution < 1.29 is 44.6 Å². The summed E-state index contributed by atoms with van der Waals surface area (Å²) >= 11 is 0.886. The number of thiazole rings is 1. The first kappa shape index (κ1) is 30.5. The number of amides is 2. The van der Waals surface area contributed by atoms with E-state index in [9.17, 15) is 37.0 Å². The molecule has 0 bridgehead atoms. The van der Waals surface area contributed by atoms with Gasteiger partial charge < -0.3 is 25.6 Å². The van der Waals surface area contributed by atoms with Gasteiger partial charge in [0, 0.05) is 42.0 Å². The van der Waals surface area contributed by atoms with Crippen molar-refractivity contribution in [1.29, 1.82) is 0 Å². The van der Waals surface area contributed by atoms with E-state index in [1.807, 2.05) is 0 Å². The van der Waals surface area contributed by atoms with Crippen molar-refractivity contribution in [2.75, 3.05) is 31.3 Å². The van der Waals surface area contributed by atoms with Gasteiger partial charge in [0.1, 0.15) is 29.5 Å². The summed E-state index contributed by atoms with van der Waals surface area (Å²) in [5.74, 6) is -3.06. The van der Waals surface area contributed by atoms with Crippen LogP contribution in [0.25, 0.3) is 0 Å². The van der Waals surface area contributed by atoms with Crippen molar-refractivity contribution in [3.8, 4) is 0 Å². The Hall–Kier alpha value is -2.72. The van der Waals surface area contributed by atoms with Crippen molar-refractivity contribution >= 4 is 38.3 Å². The number of halogens is 2. The number of nitrogens with one attached hydrogen (secondary N) is 2. The zero-order chi connectivity index (χ0) is 27.9. The van der Waals surface area contributed by atoms with E-state index in [0.717, 1.165) is 34.0 Å². The van der Waals surface area contributed by atoms with Gasteiger partial charge in [0.2, 0.25) is 15.9 Å². The van der Waals surface area contributed by atoms with E-state index in [2.05, 4.69) is 15.6 Å². The van der Waals surface area contributed by atoms with Gasteiger partial charge in [-0.3, -0.25) is 9.59 Å². The molecule has 1 aromatic carbocycles. The molecule has 0 spiro atoms. The maximum absolute atomic E-state index is 13.8. The molecule has 4 N–H and O–H groups in total. The molecule has 1 aromatic heterocycles. The van der Waals surface area contributed by atoms with E-state index >= 15 is 0 Å². The molecule has 4 atom stereocenters. The maximum Gasteiger partial charge on any atom is 0.271 e. The second-order valence-electron chi connectivity index (χ2n) is 8.38. The van der Waals surface area contributed by atoms with E-state index in [-0.39, 0.29) is 38.7 Å². The zero-order valence-electron chi connectivity index (χ0n) is 20.6. The van der Waals surface area contributed by atoms with Crippen molar-refractivity contribution in [2.24, 2.45) is 0 Å². The summed E-state index contributed by atoms with van der Waals surface area (Å²) in [6.07, 6.45) is -2.52. The highest BCUT2D eigenvalue weighted by molar-refractivity contribution is 7.92. The first-order chi connectivity index (χ1) is 17.2. The number of sulfonamides is 1. The highest BCUT2D eigenvalue weighted by Gasteiger charge is 2.34. The molecule has 2 amide bonds. The lowest BCUT2D eigenvalue weighted by Gasteiger charge is -2.32. The van der Waals surface area contributed by atoms with Gasteiger partial charge in [0.15, 0.2) is 5.13 Å². The summed E-state index contributed by atoms with van der Waals surface area (Å²) in [5, 5.41) is 28.2. The molecular formula is C22H34F2N4O7S2. The predicted octanol–water partition coefficient (Wildman–Crippen LogP) is 0.913. The number of benzene rings is 1. The van der Waals surface area contributed by atoms with Crippen molar-refractivity contribution in [2.45, 2.75) is 44.1 Å². The van der Waals surface area contributed by atoms with Gasteiger partial charge in [-0.15, -0.1) is 11.3 Å². The van der Waals surface area contributed by atoms with Crippen LogP contribution in [0.15, 0.2) is 23.6 Å². The summed E-state index contributed by atoms with van der Waals surface area (Å²) in [7, 11) is -0.953. The monoisotopic (exact) mass is 568 g/mol. The highest BCUT2D eigenvalue weighted by atomic mass is 32.2. The minimum absolute atomic E-state index is 0. The lowest BCUT2D eigenvalue weighted by Crippen LogP contribution is -2.56. The Labute approximate surface area is 220 Å². The van der Waals surface area contributed by atoms with Crippen LogP contribution in [0.4, 0.5) is 13.9 Å². The molecule has 0 aliphatic rings. The first-order valence-corrected chi connectivity index (χ1v) is 13.7. The molecule has 2 aromatic rings. The van der Waals surface area contributed by atoms with Crippen LogP contribution in [0, 0.1) is 11.6 Å². The fraction of sp³-hybridized carbons (Fsp3) is 0.500. The van der Waals surface area contributed by atoms with Crippen LogP contribution >= 0.6 is 11.3 Å². The van der Waals surface area contributed by atoms with E-state index in [1.165, 1.54) is 26.5 Å². The molecule has 0 saturated heterocycles. The molecule has 1 heterocycles. The van der Waals surface area contributed by atoms with Gasteiger partial charge in [-0.25, -0.2) is 26.5 Å². The quantitative estimate of drug-likeness (QED) is 0.278. The Balaban J connectivity index is 0.00000722. The fourth-order valence-electron chi connectivity index (χ4n) is 3.45. The second kappa shape index (κ2) is 13.2. The van der Waals surface area contributed by atoms with Crippen molar-refractivity contribution in [3.05, 3.63) is 46.5 Å². The molecule has 0 fully saturated rings. The number of anilines is 1. The lowest BCUT2D eigenvalue weighted by molar-refractivity contribution is -0.121. The van der Waals surface area contributed by atoms with Crippen LogP contribution in [0.3, 0.4) is 0 Å². The molecule has 37 heavy (non-hydrogen) atoms. The van der Waals surface area contributed by atoms with Crippen LogP contribution in [-0.2, 0) is 26.0 Å². The average molecular weight is 569 g/mol. The summed E-state index contributed by atoms with van der Waals surface area (Å²) < 4.78 is 57.0. The number of aromatic nitrogens is 1. The number of rotatable bonds is 13. The number of methoxy groups -OCH3 is 1. The topological polar surface area (TPSA) is 158 Å². The average Bonchev–Trinajstić information content (AvgIpc) is 3.28. The first-order valence-electron chi connectivity index (χ1n) is 11.0. The van der Waals surface area contributed by atoms with Gasteiger partial charge >= 0.3 is 0 Å². The van der Waals surface area contributed by atoms with Crippen molar-refractivity contribution in [1.82, 2.24) is 15.6 Å².